The summed E-state index contributed by atoms with van der Waals surface area (Å²) >= 11 is 0. The van der Waals surface area contributed by atoms with Crippen LogP contribution in [-0.2, 0) is 23.7 Å². The number of para-hydroxylation sites is 2. The van der Waals surface area contributed by atoms with Gasteiger partial charge < -0.3 is 0 Å². The summed E-state index contributed by atoms with van der Waals surface area (Å²) < 4.78 is 2.59. The van der Waals surface area contributed by atoms with Crippen LogP contribution in [0.5, 0.6) is 0 Å². The van der Waals surface area contributed by atoms with Crippen molar-refractivity contribution in [3.05, 3.63) is 155 Å². The van der Waals surface area contributed by atoms with Crippen LogP contribution < -0.4 is 4.90 Å². The van der Waals surface area contributed by atoms with E-state index in [4.69, 9.17) is 0 Å². The van der Waals surface area contributed by atoms with Crippen molar-refractivity contribution in [2.75, 3.05) is 4.90 Å². The second kappa shape index (κ2) is 13.0. The molecule has 2 atom stereocenters. The molecule has 1 aliphatic heterocycles. The summed E-state index contributed by atoms with van der Waals surface area (Å²) in [5.74, 6) is 0. The Kier molecular flexibility index (Phi) is 8.99. The average molecular weight is 620 g/mol. The van der Waals surface area contributed by atoms with Crippen LogP contribution >= 0.6 is 0 Å². The molecule has 0 fully saturated rings. The minimum absolute atomic E-state index is 0.0346. The van der Waals surface area contributed by atoms with Gasteiger partial charge in [-0.25, -0.2) is 9.48 Å². The van der Waals surface area contributed by atoms with Gasteiger partial charge in [-0.3, -0.25) is 0 Å². The Labute approximate surface area is 283 Å². The van der Waals surface area contributed by atoms with E-state index < -0.39 is 0 Å². The molecule has 1 heterocycles. The zero-order chi connectivity index (χ0) is 33.3. The van der Waals surface area contributed by atoms with Crippen LogP contribution in [0.4, 0.5) is 11.4 Å². The highest BCUT2D eigenvalue weighted by Gasteiger charge is 2.47. The van der Waals surface area contributed by atoms with E-state index in [1.165, 1.54) is 55.9 Å². The lowest BCUT2D eigenvalue weighted by Crippen LogP contribution is -2.26. The Bertz CT molecular complexity index is 1820. The normalized spacial score (nSPS) is 16.8. The van der Waals surface area contributed by atoms with Gasteiger partial charge in [0, 0.05) is 16.7 Å². The van der Waals surface area contributed by atoms with Gasteiger partial charge in [-0.2, -0.15) is 0 Å². The summed E-state index contributed by atoms with van der Waals surface area (Å²) in [6.45, 7) is 18.5. The van der Waals surface area contributed by atoms with Gasteiger partial charge in [-0.15, -0.1) is 0 Å². The maximum absolute atomic E-state index is 2.59. The molecule has 2 nitrogen and oxygen atoms in total. The van der Waals surface area contributed by atoms with E-state index in [-0.39, 0.29) is 22.9 Å². The van der Waals surface area contributed by atoms with Crippen molar-refractivity contribution in [1.29, 1.82) is 0 Å². The predicted molar refractivity (Wildman–Crippen MR) is 201 cm³/mol. The van der Waals surface area contributed by atoms with Crippen LogP contribution in [0.15, 0.2) is 121 Å². The van der Waals surface area contributed by atoms with Gasteiger partial charge >= 0.3 is 0 Å². The zero-order valence-corrected chi connectivity index (χ0v) is 29.6. The van der Waals surface area contributed by atoms with Gasteiger partial charge in [-0.05, 0) is 57.6 Å². The molecule has 0 saturated heterocycles. The third-order valence-corrected chi connectivity index (χ3v) is 9.81. The van der Waals surface area contributed by atoms with E-state index in [1.54, 1.807) is 0 Å². The Balaban J connectivity index is 1.65. The fourth-order valence-electron chi connectivity index (χ4n) is 7.12. The van der Waals surface area contributed by atoms with Crippen LogP contribution in [0.25, 0.3) is 11.1 Å². The first-order chi connectivity index (χ1) is 22.5. The third kappa shape index (κ3) is 6.44. The SMILES string of the molecule is CCc1cccc(CC)c1[N+]1=CN(c2ccccc2-c2cc(C(C)(C)C)cc(C(C)(C)C)c2)[C@@H](c2ccccc2)[C@@H]1c1ccccc1. The zero-order valence-electron chi connectivity index (χ0n) is 29.6. The van der Waals surface area contributed by atoms with E-state index in [2.05, 4.69) is 193 Å². The largest absolute Gasteiger partial charge is 0.245 e. The molecule has 5 aromatic carbocycles. The lowest BCUT2D eigenvalue weighted by molar-refractivity contribution is -0.482. The quantitative estimate of drug-likeness (QED) is 0.164. The summed E-state index contributed by atoms with van der Waals surface area (Å²) in [6, 6.07) is 45.5. The van der Waals surface area contributed by atoms with Crippen LogP contribution in [0.2, 0.25) is 0 Å². The van der Waals surface area contributed by atoms with Crippen molar-refractivity contribution in [2.24, 2.45) is 0 Å². The fraction of sp³-hybridized carbons (Fsp3) is 0.311. The van der Waals surface area contributed by atoms with Gasteiger partial charge in [0.05, 0.1) is 0 Å². The van der Waals surface area contributed by atoms with E-state index in [0.29, 0.717) is 0 Å². The van der Waals surface area contributed by atoms with Crippen LogP contribution in [0.3, 0.4) is 0 Å². The van der Waals surface area contributed by atoms with Crippen molar-refractivity contribution < 1.29 is 4.58 Å². The molecule has 0 aromatic heterocycles. The highest BCUT2D eigenvalue weighted by Crippen LogP contribution is 2.49. The first-order valence-electron chi connectivity index (χ1n) is 17.4. The van der Waals surface area contributed by atoms with Crippen LogP contribution in [0.1, 0.15) is 101 Å². The van der Waals surface area contributed by atoms with Crippen LogP contribution in [-0.4, -0.2) is 10.9 Å². The topological polar surface area (TPSA) is 6.25 Å². The predicted octanol–water partition coefficient (Wildman–Crippen LogP) is 11.7. The molecule has 0 bridgehead atoms. The monoisotopic (exact) mass is 619 g/mol. The lowest BCUT2D eigenvalue weighted by Gasteiger charge is -2.28. The van der Waals surface area contributed by atoms with Crippen LogP contribution in [0, 0.1) is 0 Å². The summed E-state index contributed by atoms with van der Waals surface area (Å²) in [7, 11) is 0. The van der Waals surface area contributed by atoms with Crippen molar-refractivity contribution >= 4 is 17.7 Å². The van der Waals surface area contributed by atoms with Crippen molar-refractivity contribution in [3.63, 3.8) is 0 Å². The minimum Gasteiger partial charge on any atom is -0.221 e. The van der Waals surface area contributed by atoms with E-state index in [9.17, 15) is 0 Å². The smallest absolute Gasteiger partial charge is 0.221 e. The fourth-order valence-corrected chi connectivity index (χ4v) is 7.12. The number of hydrogen-bond donors (Lipinski definition) is 0. The average Bonchev–Trinajstić information content (AvgIpc) is 3.47. The number of benzene rings is 5. The highest BCUT2D eigenvalue weighted by atomic mass is 15.3. The summed E-state index contributed by atoms with van der Waals surface area (Å²) in [4.78, 5) is 2.56. The maximum atomic E-state index is 2.59. The molecule has 6 rings (SSSR count). The molecule has 47 heavy (non-hydrogen) atoms. The molecule has 0 saturated carbocycles. The van der Waals surface area contributed by atoms with Gasteiger partial charge in [0.1, 0.15) is 11.4 Å². The van der Waals surface area contributed by atoms with Gasteiger partial charge in [0.15, 0.2) is 12.1 Å². The van der Waals surface area contributed by atoms with Gasteiger partial charge in [0.25, 0.3) is 0 Å². The number of anilines is 1. The standard InChI is InChI=1S/C45H51N2/c1-9-32-24-19-25-33(10-2)41(32)47-31-46(42(34-20-13-11-14-21-34)43(47)35-22-15-12-16-23-35)40-27-18-17-26-39(40)36-28-37(44(3,4)5)30-38(29-36)45(6,7)8/h11-31,42-43H,9-10H2,1-8H3/q+1/t42-,43-/m0/s1. The molecule has 0 spiro atoms. The second-order valence-corrected chi connectivity index (χ2v) is 15.1. The van der Waals surface area contributed by atoms with Gasteiger partial charge in [0.2, 0.25) is 6.34 Å². The molecule has 240 valence electrons. The number of aryl methyl sites for hydroxylation is 2. The Hall–Kier alpha value is -4.43. The molecule has 0 unspecified atom stereocenters. The third-order valence-electron chi connectivity index (χ3n) is 9.81. The summed E-state index contributed by atoms with van der Waals surface area (Å²) in [5.41, 5.74) is 13.3. The van der Waals surface area contributed by atoms with Crippen molar-refractivity contribution in [1.82, 2.24) is 0 Å². The molecular weight excluding hydrogens is 569 g/mol. The molecule has 0 aliphatic carbocycles. The Morgan fingerprint density at radius 3 is 1.62 bits per heavy atom. The van der Waals surface area contributed by atoms with E-state index in [0.717, 1.165) is 12.8 Å². The molecule has 2 heteroatoms. The Morgan fingerprint density at radius 2 is 1.09 bits per heavy atom. The molecule has 1 aliphatic rings. The van der Waals surface area contributed by atoms with Crippen molar-refractivity contribution in [2.45, 2.75) is 91.1 Å². The van der Waals surface area contributed by atoms with Crippen molar-refractivity contribution in [3.8, 4) is 11.1 Å². The van der Waals surface area contributed by atoms with E-state index in [1.807, 2.05) is 0 Å². The maximum Gasteiger partial charge on any atom is 0.245 e. The second-order valence-electron chi connectivity index (χ2n) is 15.1. The number of nitrogens with zero attached hydrogens (tertiary/aromatic N) is 2. The minimum atomic E-state index is 0.0346. The Morgan fingerprint density at radius 1 is 0.574 bits per heavy atom. The summed E-state index contributed by atoms with van der Waals surface area (Å²) in [6.07, 6.45) is 4.38. The highest BCUT2D eigenvalue weighted by molar-refractivity contribution is 5.90. The number of hydrogen-bond acceptors (Lipinski definition) is 1. The number of rotatable bonds is 7. The van der Waals surface area contributed by atoms with Gasteiger partial charge in [-0.1, -0.05) is 171 Å². The molecule has 0 radical (unpaired) electrons. The lowest BCUT2D eigenvalue weighted by atomic mass is 9.78. The molecular formula is C45H51N2+. The molecule has 5 aromatic rings. The molecule has 0 amide bonds. The van der Waals surface area contributed by atoms with E-state index >= 15 is 0 Å². The first kappa shape index (κ1) is 32.5. The first-order valence-corrected chi connectivity index (χ1v) is 17.4. The molecule has 0 N–H and O–H groups in total. The summed E-state index contributed by atoms with van der Waals surface area (Å²) in [5, 5.41) is 0.